The summed E-state index contributed by atoms with van der Waals surface area (Å²) in [6.07, 6.45) is 3.62. The van der Waals surface area contributed by atoms with E-state index in [0.29, 0.717) is 13.1 Å². The largest absolute Gasteiger partial charge is 0.348 e. The number of hydrogen-bond donors (Lipinski definition) is 0. The molecule has 0 aliphatic carbocycles. The average Bonchev–Trinajstić information content (AvgIpc) is 2.62. The van der Waals surface area contributed by atoms with Gasteiger partial charge in [0.2, 0.25) is 0 Å². The molecule has 0 fully saturated rings. The van der Waals surface area contributed by atoms with E-state index < -0.39 is 0 Å². The quantitative estimate of drug-likeness (QED) is 0.534. The van der Waals surface area contributed by atoms with Crippen LogP contribution in [0.1, 0.15) is 23.6 Å². The molecule has 0 saturated carbocycles. The Kier molecular flexibility index (Phi) is 6.23. The van der Waals surface area contributed by atoms with Crippen LogP contribution in [0.4, 0.5) is 10.2 Å². The molecule has 26 heavy (non-hydrogen) atoms. The maximum absolute atomic E-state index is 13.6. The van der Waals surface area contributed by atoms with Crippen molar-refractivity contribution in [2.45, 2.75) is 32.0 Å². The molecule has 2 aromatic heterocycles. The smallest absolute Gasteiger partial charge is 0.130 e. The van der Waals surface area contributed by atoms with Crippen LogP contribution in [-0.2, 0) is 13.1 Å². The molecule has 0 bridgehead atoms. The molecule has 0 amide bonds. The number of aromatic nitrogens is 2. The maximum atomic E-state index is 13.6. The van der Waals surface area contributed by atoms with Crippen molar-refractivity contribution in [1.82, 2.24) is 9.97 Å². The number of thioether (sulfide) groups is 1. The number of nitrogens with zero attached hydrogens (tertiary/aromatic N) is 3. The Morgan fingerprint density at radius 2 is 1.85 bits per heavy atom. The topological polar surface area (TPSA) is 29.0 Å². The Hall–Kier alpha value is -2.40. The van der Waals surface area contributed by atoms with Crippen molar-refractivity contribution in [3.05, 3.63) is 83.4 Å². The van der Waals surface area contributed by atoms with E-state index in [9.17, 15) is 4.39 Å². The number of anilines is 1. The average molecular weight is 367 g/mol. The molecule has 0 saturated heterocycles. The van der Waals surface area contributed by atoms with Crippen molar-refractivity contribution in [2.24, 2.45) is 0 Å². The molecule has 0 aliphatic rings. The van der Waals surface area contributed by atoms with Gasteiger partial charge in [0, 0.05) is 25.5 Å². The van der Waals surface area contributed by atoms with Crippen molar-refractivity contribution in [1.29, 1.82) is 0 Å². The Morgan fingerprint density at radius 3 is 2.58 bits per heavy atom. The lowest BCUT2D eigenvalue weighted by Gasteiger charge is -2.25. The van der Waals surface area contributed by atoms with E-state index in [0.717, 1.165) is 27.7 Å². The Morgan fingerprint density at radius 1 is 1.04 bits per heavy atom. The number of aryl methyl sites for hydroxylation is 1. The second-order valence-electron chi connectivity index (χ2n) is 6.12. The molecule has 3 nitrogen and oxygen atoms in total. The van der Waals surface area contributed by atoms with Crippen molar-refractivity contribution in [2.75, 3.05) is 10.7 Å². The van der Waals surface area contributed by atoms with Gasteiger partial charge in [-0.05, 0) is 59.7 Å². The van der Waals surface area contributed by atoms with Gasteiger partial charge in [-0.1, -0.05) is 25.1 Å². The van der Waals surface area contributed by atoms with E-state index in [1.807, 2.05) is 24.4 Å². The van der Waals surface area contributed by atoms with Crippen molar-refractivity contribution in [3.63, 3.8) is 0 Å². The lowest BCUT2D eigenvalue weighted by Crippen LogP contribution is -2.23. The molecular weight excluding hydrogens is 345 g/mol. The lowest BCUT2D eigenvalue weighted by atomic mass is 10.1. The fourth-order valence-corrected chi connectivity index (χ4v) is 3.51. The number of benzene rings is 1. The minimum absolute atomic E-state index is 0.219. The summed E-state index contributed by atoms with van der Waals surface area (Å²) >= 11 is 1.73. The first kappa shape index (κ1) is 18.4. The summed E-state index contributed by atoms with van der Waals surface area (Å²) in [7, 11) is 0. The highest BCUT2D eigenvalue weighted by molar-refractivity contribution is 7.99. The van der Waals surface area contributed by atoms with Crippen LogP contribution in [0.3, 0.4) is 0 Å². The van der Waals surface area contributed by atoms with Crippen LogP contribution in [-0.4, -0.2) is 15.7 Å². The van der Waals surface area contributed by atoms with Crippen molar-refractivity contribution >= 4 is 17.6 Å². The SMILES string of the molecule is CCSc1cc(C)cc(N(Cc2cccnc2)Cc2cccc(F)c2)n1. The van der Waals surface area contributed by atoms with Gasteiger partial charge in [0.15, 0.2) is 0 Å². The van der Waals surface area contributed by atoms with E-state index in [1.54, 1.807) is 30.1 Å². The zero-order valence-electron chi connectivity index (χ0n) is 15.0. The predicted molar refractivity (Wildman–Crippen MR) is 106 cm³/mol. The van der Waals surface area contributed by atoms with Gasteiger partial charge in [0.25, 0.3) is 0 Å². The molecule has 134 valence electrons. The summed E-state index contributed by atoms with van der Waals surface area (Å²) in [5.41, 5.74) is 3.18. The van der Waals surface area contributed by atoms with Crippen LogP contribution < -0.4 is 4.90 Å². The fourth-order valence-electron chi connectivity index (χ4n) is 2.79. The van der Waals surface area contributed by atoms with Gasteiger partial charge < -0.3 is 4.90 Å². The summed E-state index contributed by atoms with van der Waals surface area (Å²) in [6, 6.07) is 14.9. The van der Waals surface area contributed by atoms with Gasteiger partial charge in [-0.3, -0.25) is 4.98 Å². The van der Waals surface area contributed by atoms with Gasteiger partial charge in [-0.2, -0.15) is 0 Å². The fraction of sp³-hybridized carbons (Fsp3) is 0.238. The maximum Gasteiger partial charge on any atom is 0.130 e. The zero-order valence-corrected chi connectivity index (χ0v) is 15.8. The van der Waals surface area contributed by atoms with Crippen LogP contribution in [0, 0.1) is 12.7 Å². The van der Waals surface area contributed by atoms with Gasteiger partial charge in [-0.25, -0.2) is 9.37 Å². The van der Waals surface area contributed by atoms with E-state index in [4.69, 9.17) is 4.98 Å². The third-order valence-corrected chi connectivity index (χ3v) is 4.70. The van der Waals surface area contributed by atoms with E-state index in [-0.39, 0.29) is 5.82 Å². The minimum Gasteiger partial charge on any atom is -0.348 e. The van der Waals surface area contributed by atoms with E-state index in [1.165, 1.54) is 11.6 Å². The zero-order chi connectivity index (χ0) is 18.4. The molecule has 0 spiro atoms. The van der Waals surface area contributed by atoms with Crippen molar-refractivity contribution < 1.29 is 4.39 Å². The van der Waals surface area contributed by atoms with E-state index in [2.05, 4.69) is 35.9 Å². The normalized spacial score (nSPS) is 10.7. The van der Waals surface area contributed by atoms with Gasteiger partial charge in [-0.15, -0.1) is 11.8 Å². The summed E-state index contributed by atoms with van der Waals surface area (Å²) in [6.45, 7) is 5.44. The number of rotatable bonds is 7. The lowest BCUT2D eigenvalue weighted by molar-refractivity contribution is 0.624. The monoisotopic (exact) mass is 367 g/mol. The van der Waals surface area contributed by atoms with Crippen LogP contribution in [0.15, 0.2) is 66.0 Å². The molecule has 0 radical (unpaired) electrons. The number of hydrogen-bond acceptors (Lipinski definition) is 4. The highest BCUT2D eigenvalue weighted by Crippen LogP contribution is 2.24. The Balaban J connectivity index is 1.94. The standard InChI is InChI=1S/C21H22FN3S/c1-3-26-21-11-16(2)10-20(24-21)25(15-18-7-5-9-23-13-18)14-17-6-4-8-19(22)12-17/h4-13H,3,14-15H2,1-2H3. The summed E-state index contributed by atoms with van der Waals surface area (Å²) < 4.78 is 13.6. The Bertz CT molecular complexity index is 855. The predicted octanol–water partition coefficient (Wildman–Crippen LogP) is 5.24. The molecular formula is C21H22FN3S. The van der Waals surface area contributed by atoms with Crippen LogP contribution in [0.2, 0.25) is 0 Å². The summed E-state index contributed by atoms with van der Waals surface area (Å²) in [5, 5.41) is 1.01. The minimum atomic E-state index is -0.219. The first-order chi connectivity index (χ1) is 12.6. The second kappa shape index (κ2) is 8.81. The first-order valence-electron chi connectivity index (χ1n) is 8.64. The summed E-state index contributed by atoms with van der Waals surface area (Å²) in [4.78, 5) is 11.2. The second-order valence-corrected chi connectivity index (χ2v) is 7.41. The molecule has 0 N–H and O–H groups in total. The van der Waals surface area contributed by atoms with Crippen LogP contribution in [0.25, 0.3) is 0 Å². The van der Waals surface area contributed by atoms with Gasteiger partial charge in [0.1, 0.15) is 11.6 Å². The Labute approximate surface area is 158 Å². The number of halogens is 1. The number of pyridine rings is 2. The molecule has 0 aliphatic heterocycles. The molecule has 0 unspecified atom stereocenters. The first-order valence-corrected chi connectivity index (χ1v) is 9.62. The highest BCUT2D eigenvalue weighted by Gasteiger charge is 2.12. The summed E-state index contributed by atoms with van der Waals surface area (Å²) in [5.74, 6) is 1.65. The van der Waals surface area contributed by atoms with Gasteiger partial charge >= 0.3 is 0 Å². The van der Waals surface area contributed by atoms with Crippen molar-refractivity contribution in [3.8, 4) is 0 Å². The molecule has 3 aromatic rings. The van der Waals surface area contributed by atoms with Crippen LogP contribution in [0.5, 0.6) is 0 Å². The van der Waals surface area contributed by atoms with E-state index >= 15 is 0 Å². The van der Waals surface area contributed by atoms with Crippen LogP contribution >= 0.6 is 11.8 Å². The molecule has 3 rings (SSSR count). The molecule has 1 aromatic carbocycles. The van der Waals surface area contributed by atoms with Gasteiger partial charge in [0.05, 0.1) is 5.03 Å². The molecule has 5 heteroatoms. The molecule has 2 heterocycles. The third kappa shape index (κ3) is 5.05. The molecule has 0 atom stereocenters. The highest BCUT2D eigenvalue weighted by atomic mass is 32.2. The third-order valence-electron chi connectivity index (χ3n) is 3.91.